The molecule has 0 radical (unpaired) electrons. The van der Waals surface area contributed by atoms with Crippen molar-refractivity contribution < 1.29 is 19.1 Å². The third-order valence-corrected chi connectivity index (χ3v) is 6.66. The van der Waals surface area contributed by atoms with Crippen molar-refractivity contribution in [3.63, 3.8) is 0 Å². The molecule has 0 spiro atoms. The highest BCUT2D eigenvalue weighted by atomic mass is 35.5. The Hall–Kier alpha value is -3.72. The molecule has 2 amide bonds. The van der Waals surface area contributed by atoms with E-state index in [0.29, 0.717) is 26.0 Å². The van der Waals surface area contributed by atoms with E-state index in [1.54, 1.807) is 48.5 Å². The maximum Gasteiger partial charge on any atom is 0.355 e. The van der Waals surface area contributed by atoms with Crippen LogP contribution in [0.5, 0.6) is 5.75 Å². The van der Waals surface area contributed by atoms with Crippen LogP contribution in [-0.2, 0) is 4.79 Å². The van der Waals surface area contributed by atoms with E-state index in [4.69, 9.17) is 27.9 Å². The number of hydrogen-bond acceptors (Lipinski definition) is 6. The molecule has 0 atom stereocenters. The van der Waals surface area contributed by atoms with Gasteiger partial charge < -0.3 is 10.1 Å². The molecule has 7 nitrogen and oxygen atoms in total. The highest BCUT2D eigenvalue weighted by molar-refractivity contribution is 7.21. The number of carbonyl (C=O) groups excluding carboxylic acids is 3. The van der Waals surface area contributed by atoms with Gasteiger partial charge in [-0.25, -0.2) is 10.2 Å². The lowest BCUT2D eigenvalue weighted by Gasteiger charge is -2.07. The molecule has 176 valence electrons. The van der Waals surface area contributed by atoms with Gasteiger partial charge in [0.25, 0.3) is 11.8 Å². The van der Waals surface area contributed by atoms with Crippen molar-refractivity contribution in [1.29, 1.82) is 0 Å². The van der Waals surface area contributed by atoms with E-state index in [0.717, 1.165) is 10.1 Å². The van der Waals surface area contributed by atoms with Crippen LogP contribution in [0.1, 0.15) is 25.6 Å². The summed E-state index contributed by atoms with van der Waals surface area (Å²) in [6, 6.07) is 20.4. The van der Waals surface area contributed by atoms with Crippen LogP contribution in [0.15, 0.2) is 77.9 Å². The molecule has 35 heavy (non-hydrogen) atoms. The van der Waals surface area contributed by atoms with Crippen LogP contribution in [-0.4, -0.2) is 30.5 Å². The quantitative estimate of drug-likeness (QED) is 0.148. The van der Waals surface area contributed by atoms with E-state index in [-0.39, 0.29) is 12.3 Å². The van der Waals surface area contributed by atoms with E-state index >= 15 is 0 Å². The number of ether oxygens (including phenoxy) is 1. The second kappa shape index (κ2) is 11.1. The van der Waals surface area contributed by atoms with Crippen molar-refractivity contribution >= 4 is 68.6 Å². The Morgan fingerprint density at radius 1 is 0.943 bits per heavy atom. The summed E-state index contributed by atoms with van der Waals surface area (Å²) in [6.45, 7) is -0.278. The van der Waals surface area contributed by atoms with Crippen molar-refractivity contribution in [3.8, 4) is 5.75 Å². The van der Waals surface area contributed by atoms with Crippen molar-refractivity contribution in [2.24, 2.45) is 5.10 Å². The van der Waals surface area contributed by atoms with Crippen LogP contribution < -0.4 is 15.5 Å². The monoisotopic (exact) mass is 525 g/mol. The number of nitrogens with one attached hydrogen (secondary N) is 2. The lowest BCUT2D eigenvalue weighted by molar-refractivity contribution is -0.120. The van der Waals surface area contributed by atoms with Crippen molar-refractivity contribution in [3.05, 3.63) is 98.8 Å². The smallest absolute Gasteiger partial charge is 0.355 e. The van der Waals surface area contributed by atoms with Crippen molar-refractivity contribution in [1.82, 2.24) is 10.7 Å². The number of hydrazone groups is 1. The number of amides is 2. The largest absolute Gasteiger partial charge is 0.422 e. The Kier molecular flexibility index (Phi) is 7.77. The van der Waals surface area contributed by atoms with Gasteiger partial charge in [-0.2, -0.15) is 5.10 Å². The lowest BCUT2D eigenvalue weighted by Crippen LogP contribution is -2.34. The molecule has 0 aliphatic carbocycles. The molecular formula is C25H17Cl2N3O4S. The number of carbonyl (C=O) groups is 3. The maximum absolute atomic E-state index is 12.8. The van der Waals surface area contributed by atoms with Gasteiger partial charge in [0.1, 0.15) is 10.6 Å². The van der Waals surface area contributed by atoms with E-state index < -0.39 is 17.8 Å². The molecule has 1 aromatic heterocycles. The number of rotatable bonds is 7. The number of hydrogen-bond donors (Lipinski definition) is 2. The molecule has 0 bridgehead atoms. The van der Waals surface area contributed by atoms with Gasteiger partial charge in [-0.05, 0) is 42.5 Å². The first-order chi connectivity index (χ1) is 16.9. The van der Waals surface area contributed by atoms with E-state index in [9.17, 15) is 14.4 Å². The topological polar surface area (TPSA) is 96.9 Å². The summed E-state index contributed by atoms with van der Waals surface area (Å²) in [5.74, 6) is -1.29. The average Bonchev–Trinajstić information content (AvgIpc) is 3.20. The van der Waals surface area contributed by atoms with Gasteiger partial charge in [0.05, 0.1) is 17.8 Å². The predicted octanol–water partition coefficient (Wildman–Crippen LogP) is 5.31. The Bertz CT molecular complexity index is 1430. The summed E-state index contributed by atoms with van der Waals surface area (Å²) in [6.07, 6.45) is 1.34. The van der Waals surface area contributed by atoms with Gasteiger partial charge in [0.2, 0.25) is 0 Å². The first-order valence-electron chi connectivity index (χ1n) is 10.3. The van der Waals surface area contributed by atoms with Gasteiger partial charge >= 0.3 is 5.97 Å². The molecule has 0 saturated heterocycles. The Labute approximate surface area is 214 Å². The first kappa shape index (κ1) is 24.4. The second-order valence-corrected chi connectivity index (χ2v) is 9.02. The van der Waals surface area contributed by atoms with Crippen LogP contribution in [0.25, 0.3) is 10.1 Å². The lowest BCUT2D eigenvalue weighted by atomic mass is 10.2. The van der Waals surface area contributed by atoms with Gasteiger partial charge in [-0.15, -0.1) is 11.3 Å². The third-order valence-electron chi connectivity index (χ3n) is 4.75. The Morgan fingerprint density at radius 2 is 1.66 bits per heavy atom. The fraction of sp³-hybridized carbons (Fsp3) is 0.0400. The molecule has 0 fully saturated rings. The van der Waals surface area contributed by atoms with E-state index in [2.05, 4.69) is 15.8 Å². The fourth-order valence-electron chi connectivity index (χ4n) is 3.05. The Balaban J connectivity index is 1.36. The van der Waals surface area contributed by atoms with Crippen LogP contribution in [0.4, 0.5) is 0 Å². The first-order valence-corrected chi connectivity index (χ1v) is 11.8. The molecule has 2 N–H and O–H groups in total. The second-order valence-electron chi connectivity index (χ2n) is 7.15. The number of nitrogens with zero attached hydrogens (tertiary/aromatic N) is 1. The van der Waals surface area contributed by atoms with Crippen LogP contribution >= 0.6 is 34.5 Å². The molecule has 0 saturated carbocycles. The molecule has 0 aliphatic rings. The fourth-order valence-corrected chi connectivity index (χ4v) is 4.56. The summed E-state index contributed by atoms with van der Waals surface area (Å²) >= 11 is 13.4. The maximum atomic E-state index is 12.8. The zero-order valence-corrected chi connectivity index (χ0v) is 20.3. The summed E-state index contributed by atoms with van der Waals surface area (Å²) < 4.78 is 6.43. The number of esters is 1. The average molecular weight is 526 g/mol. The zero-order valence-electron chi connectivity index (χ0n) is 18.0. The number of para-hydroxylation sites is 1. The Morgan fingerprint density at radius 3 is 2.43 bits per heavy atom. The minimum absolute atomic E-state index is 0.250. The minimum atomic E-state index is -0.592. The SMILES string of the molecule is O=C(CNC(=O)c1ccc(Cl)cc1)N/N=C/c1ccccc1OC(=O)c1sc2ccccc2c1Cl. The molecular weight excluding hydrogens is 509 g/mol. The molecule has 0 unspecified atom stereocenters. The predicted molar refractivity (Wildman–Crippen MR) is 138 cm³/mol. The summed E-state index contributed by atoms with van der Waals surface area (Å²) in [5, 5.41) is 8.01. The molecule has 3 aromatic carbocycles. The highest BCUT2D eigenvalue weighted by Crippen LogP contribution is 2.36. The standard InChI is InChI=1S/C25H17Cl2N3O4S/c26-17-11-9-15(10-12-17)24(32)28-14-21(31)30-29-13-16-5-1-3-7-19(16)34-25(33)23-22(27)18-6-2-4-8-20(18)35-23/h1-13H,14H2,(H,28,32)(H,30,31)/b29-13+. The van der Waals surface area contributed by atoms with Crippen LogP contribution in [0.3, 0.4) is 0 Å². The molecule has 1 heterocycles. The van der Waals surface area contributed by atoms with Gasteiger partial charge in [0.15, 0.2) is 0 Å². The third kappa shape index (κ3) is 6.05. The minimum Gasteiger partial charge on any atom is -0.422 e. The van der Waals surface area contributed by atoms with Crippen molar-refractivity contribution in [2.45, 2.75) is 0 Å². The molecule has 10 heteroatoms. The number of fused-ring (bicyclic) bond motifs is 1. The van der Waals surface area contributed by atoms with Crippen LogP contribution in [0.2, 0.25) is 10.0 Å². The van der Waals surface area contributed by atoms with Gasteiger partial charge in [-0.3, -0.25) is 9.59 Å². The number of halogens is 2. The normalized spacial score (nSPS) is 10.9. The summed E-state index contributed by atoms with van der Waals surface area (Å²) in [7, 11) is 0. The molecule has 4 rings (SSSR count). The van der Waals surface area contributed by atoms with Crippen LogP contribution in [0, 0.1) is 0 Å². The van der Waals surface area contributed by atoms with Crippen molar-refractivity contribution in [2.75, 3.05) is 6.54 Å². The molecule has 0 aliphatic heterocycles. The molecule has 4 aromatic rings. The van der Waals surface area contributed by atoms with Gasteiger partial charge in [0, 0.05) is 26.2 Å². The number of benzene rings is 3. The number of thiophene rings is 1. The highest BCUT2D eigenvalue weighted by Gasteiger charge is 2.19. The van der Waals surface area contributed by atoms with E-state index in [1.165, 1.54) is 17.6 Å². The summed E-state index contributed by atoms with van der Waals surface area (Å²) in [4.78, 5) is 37.2. The van der Waals surface area contributed by atoms with E-state index in [1.807, 2.05) is 24.3 Å². The van der Waals surface area contributed by atoms with Gasteiger partial charge in [-0.1, -0.05) is 53.5 Å². The zero-order chi connectivity index (χ0) is 24.8. The summed E-state index contributed by atoms with van der Waals surface area (Å²) in [5.41, 5.74) is 3.16.